The van der Waals surface area contributed by atoms with Crippen LogP contribution in [-0.2, 0) is 0 Å². The SMILES string of the molecule is Cc1cc(C)c(/C=C2\CNCS2)c(C)c1. The molecule has 1 nitrogen and oxygen atoms in total. The zero-order valence-corrected chi connectivity index (χ0v) is 10.4. The molecule has 1 fully saturated rings. The summed E-state index contributed by atoms with van der Waals surface area (Å²) in [4.78, 5) is 1.45. The number of hydrogen-bond acceptors (Lipinski definition) is 2. The Hall–Kier alpha value is -0.730. The molecule has 1 heterocycles. The summed E-state index contributed by atoms with van der Waals surface area (Å²) in [6.07, 6.45) is 2.33. The predicted molar refractivity (Wildman–Crippen MR) is 69.1 cm³/mol. The molecular formula is C13H17NS. The van der Waals surface area contributed by atoms with Crippen LogP contribution in [0.1, 0.15) is 22.3 Å². The van der Waals surface area contributed by atoms with E-state index in [0.29, 0.717) is 0 Å². The Morgan fingerprint density at radius 2 is 1.87 bits per heavy atom. The Kier molecular flexibility index (Phi) is 3.17. The zero-order valence-electron chi connectivity index (χ0n) is 9.55. The van der Waals surface area contributed by atoms with E-state index in [4.69, 9.17) is 0 Å². The molecule has 0 amide bonds. The molecule has 1 aromatic rings. The van der Waals surface area contributed by atoms with E-state index >= 15 is 0 Å². The lowest BCUT2D eigenvalue weighted by molar-refractivity contribution is 0.916. The highest BCUT2D eigenvalue weighted by molar-refractivity contribution is 8.03. The van der Waals surface area contributed by atoms with E-state index in [1.807, 2.05) is 11.8 Å². The Morgan fingerprint density at radius 3 is 2.40 bits per heavy atom. The van der Waals surface area contributed by atoms with E-state index in [1.54, 1.807) is 0 Å². The fourth-order valence-electron chi connectivity index (χ4n) is 2.04. The van der Waals surface area contributed by atoms with Gasteiger partial charge in [0, 0.05) is 17.3 Å². The van der Waals surface area contributed by atoms with Gasteiger partial charge in [-0.3, -0.25) is 0 Å². The third kappa shape index (κ3) is 2.44. The first-order valence-corrected chi connectivity index (χ1v) is 6.27. The summed E-state index contributed by atoms with van der Waals surface area (Å²) in [5, 5.41) is 3.34. The van der Waals surface area contributed by atoms with Crippen LogP contribution in [0.4, 0.5) is 0 Å². The maximum absolute atomic E-state index is 3.34. The van der Waals surface area contributed by atoms with Gasteiger partial charge in [-0.25, -0.2) is 0 Å². The first-order chi connectivity index (χ1) is 7.16. The predicted octanol–water partition coefficient (Wildman–Crippen LogP) is 3.25. The number of nitrogens with one attached hydrogen (secondary N) is 1. The van der Waals surface area contributed by atoms with Crippen LogP contribution < -0.4 is 5.32 Å². The number of aryl methyl sites for hydroxylation is 3. The van der Waals surface area contributed by atoms with Gasteiger partial charge in [0.15, 0.2) is 0 Å². The minimum atomic E-state index is 1.03. The number of thioether (sulfide) groups is 1. The third-order valence-electron chi connectivity index (χ3n) is 2.70. The zero-order chi connectivity index (χ0) is 10.8. The van der Waals surface area contributed by atoms with Crippen LogP contribution in [0.25, 0.3) is 6.08 Å². The van der Waals surface area contributed by atoms with Crippen LogP contribution in [-0.4, -0.2) is 12.4 Å². The maximum atomic E-state index is 3.34. The fourth-order valence-corrected chi connectivity index (χ4v) is 2.84. The molecule has 1 N–H and O–H groups in total. The lowest BCUT2D eigenvalue weighted by Gasteiger charge is -2.08. The largest absolute Gasteiger partial charge is 0.303 e. The van der Waals surface area contributed by atoms with Gasteiger partial charge in [-0.1, -0.05) is 17.7 Å². The van der Waals surface area contributed by atoms with Gasteiger partial charge in [0.05, 0.1) is 0 Å². The highest BCUT2D eigenvalue weighted by atomic mass is 32.2. The molecule has 2 heteroatoms. The second-order valence-corrected chi connectivity index (χ2v) is 5.24. The summed E-state index contributed by atoms with van der Waals surface area (Å²) in [6, 6.07) is 4.51. The van der Waals surface area contributed by atoms with Crippen molar-refractivity contribution >= 4 is 17.8 Å². The summed E-state index contributed by atoms with van der Waals surface area (Å²) in [7, 11) is 0. The number of hydrogen-bond donors (Lipinski definition) is 1. The van der Waals surface area contributed by atoms with Crippen LogP contribution in [0.5, 0.6) is 0 Å². The van der Waals surface area contributed by atoms with E-state index in [2.05, 4.69) is 44.3 Å². The lowest BCUT2D eigenvalue weighted by Crippen LogP contribution is -2.04. The molecule has 0 radical (unpaired) electrons. The van der Waals surface area contributed by atoms with Gasteiger partial charge in [-0.15, -0.1) is 11.8 Å². The molecule has 0 aliphatic carbocycles. The Bertz CT molecular complexity index is 376. The second kappa shape index (κ2) is 4.42. The van der Waals surface area contributed by atoms with Crippen molar-refractivity contribution in [2.45, 2.75) is 20.8 Å². The summed E-state index contributed by atoms with van der Waals surface area (Å²) in [5.41, 5.74) is 5.51. The Morgan fingerprint density at radius 1 is 1.20 bits per heavy atom. The van der Waals surface area contributed by atoms with E-state index < -0.39 is 0 Å². The minimum Gasteiger partial charge on any atom is -0.303 e. The molecule has 0 bridgehead atoms. The molecule has 2 rings (SSSR count). The smallest absolute Gasteiger partial charge is 0.0465 e. The van der Waals surface area contributed by atoms with Gasteiger partial charge >= 0.3 is 0 Å². The van der Waals surface area contributed by atoms with Gasteiger partial charge in [0.1, 0.15) is 0 Å². The van der Waals surface area contributed by atoms with Crippen LogP contribution in [0.2, 0.25) is 0 Å². The van der Waals surface area contributed by atoms with Crippen molar-refractivity contribution in [3.63, 3.8) is 0 Å². The topological polar surface area (TPSA) is 12.0 Å². The molecule has 1 aromatic carbocycles. The van der Waals surface area contributed by atoms with Crippen LogP contribution in [0.3, 0.4) is 0 Å². The van der Waals surface area contributed by atoms with E-state index in [9.17, 15) is 0 Å². The normalized spacial score (nSPS) is 18.7. The molecule has 1 saturated heterocycles. The van der Waals surface area contributed by atoms with Gasteiger partial charge in [-0.05, 0) is 43.5 Å². The highest BCUT2D eigenvalue weighted by Gasteiger charge is 2.08. The quantitative estimate of drug-likeness (QED) is 0.778. The van der Waals surface area contributed by atoms with Crippen LogP contribution >= 0.6 is 11.8 Å². The summed E-state index contributed by atoms with van der Waals surface area (Å²) in [6.45, 7) is 7.57. The average molecular weight is 219 g/mol. The van der Waals surface area contributed by atoms with Crippen molar-refractivity contribution < 1.29 is 0 Å². The Labute approximate surface area is 96.0 Å². The molecule has 0 spiro atoms. The van der Waals surface area contributed by atoms with E-state index in [-0.39, 0.29) is 0 Å². The first kappa shape index (κ1) is 10.8. The maximum Gasteiger partial charge on any atom is 0.0465 e. The molecule has 0 unspecified atom stereocenters. The van der Waals surface area contributed by atoms with Gasteiger partial charge in [-0.2, -0.15) is 0 Å². The molecule has 0 atom stereocenters. The monoisotopic (exact) mass is 219 g/mol. The molecule has 1 aliphatic heterocycles. The van der Waals surface area contributed by atoms with Crippen molar-refractivity contribution in [3.8, 4) is 0 Å². The molecule has 0 aromatic heterocycles. The fraction of sp³-hybridized carbons (Fsp3) is 0.385. The molecule has 80 valence electrons. The van der Waals surface area contributed by atoms with E-state index in [1.165, 1.54) is 27.2 Å². The molecular weight excluding hydrogens is 202 g/mol. The van der Waals surface area contributed by atoms with Crippen LogP contribution in [0, 0.1) is 20.8 Å². The van der Waals surface area contributed by atoms with Gasteiger partial charge in [0.25, 0.3) is 0 Å². The average Bonchev–Trinajstić information content (AvgIpc) is 2.63. The van der Waals surface area contributed by atoms with Gasteiger partial charge < -0.3 is 5.32 Å². The number of rotatable bonds is 1. The summed E-state index contributed by atoms with van der Waals surface area (Å²) >= 11 is 1.91. The van der Waals surface area contributed by atoms with Crippen LogP contribution in [0.15, 0.2) is 17.0 Å². The highest BCUT2D eigenvalue weighted by Crippen LogP contribution is 2.25. The summed E-state index contributed by atoms with van der Waals surface area (Å²) < 4.78 is 0. The number of benzene rings is 1. The summed E-state index contributed by atoms with van der Waals surface area (Å²) in [5.74, 6) is 1.05. The third-order valence-corrected chi connectivity index (χ3v) is 3.68. The van der Waals surface area contributed by atoms with Crippen molar-refractivity contribution in [2.24, 2.45) is 0 Å². The lowest BCUT2D eigenvalue weighted by atomic mass is 9.99. The minimum absolute atomic E-state index is 1.03. The Balaban J connectivity index is 2.39. The first-order valence-electron chi connectivity index (χ1n) is 5.29. The standard InChI is InChI=1S/C13H17NS/c1-9-4-10(2)13(11(3)5-9)6-12-7-14-8-15-12/h4-6,14H,7-8H2,1-3H3/b12-6+. The van der Waals surface area contributed by atoms with Crippen molar-refractivity contribution in [2.75, 3.05) is 12.4 Å². The van der Waals surface area contributed by atoms with E-state index in [0.717, 1.165) is 12.4 Å². The molecule has 0 saturated carbocycles. The van der Waals surface area contributed by atoms with Crippen molar-refractivity contribution in [1.82, 2.24) is 5.32 Å². The van der Waals surface area contributed by atoms with Crippen molar-refractivity contribution in [1.29, 1.82) is 0 Å². The molecule has 15 heavy (non-hydrogen) atoms. The van der Waals surface area contributed by atoms with Crippen molar-refractivity contribution in [3.05, 3.63) is 39.3 Å². The second-order valence-electron chi connectivity index (χ2n) is 4.14. The van der Waals surface area contributed by atoms with Gasteiger partial charge in [0.2, 0.25) is 0 Å². The molecule has 1 aliphatic rings.